The monoisotopic (exact) mass is 422 g/mol. The summed E-state index contributed by atoms with van der Waals surface area (Å²) in [6, 6.07) is 0.727. The molecule has 0 saturated carbocycles. The average Bonchev–Trinajstić information content (AvgIpc) is 2.68. The van der Waals surface area contributed by atoms with Crippen LogP contribution in [0.2, 0.25) is 0 Å². The number of halogens is 1. The number of phosphoric acid groups is 2. The van der Waals surface area contributed by atoms with Gasteiger partial charge >= 0.3 is 27.3 Å². The van der Waals surface area contributed by atoms with Crippen molar-refractivity contribution in [2.45, 2.75) is 24.3 Å². The maximum atomic E-state index is 14.9. The van der Waals surface area contributed by atoms with Gasteiger partial charge in [-0.05, 0) is 0 Å². The van der Waals surface area contributed by atoms with Gasteiger partial charge in [-0.3, -0.25) is 14.3 Å². The molecule has 1 aromatic heterocycles. The highest BCUT2D eigenvalue weighted by Gasteiger charge is 2.57. The van der Waals surface area contributed by atoms with Gasteiger partial charge in [0.05, 0.1) is 6.61 Å². The highest BCUT2D eigenvalue weighted by molar-refractivity contribution is 7.60. The lowest BCUT2D eigenvalue weighted by atomic mass is 10.1. The van der Waals surface area contributed by atoms with Crippen LogP contribution >= 0.6 is 15.6 Å². The summed E-state index contributed by atoms with van der Waals surface area (Å²) in [6.45, 7) is -1.16. The number of hydrogen-bond donors (Lipinski definition) is 6. The van der Waals surface area contributed by atoms with Gasteiger partial charge in [0, 0.05) is 12.3 Å². The fraction of sp³-hybridized carbons (Fsp3) is 0.556. The van der Waals surface area contributed by atoms with Crippen LogP contribution in [-0.4, -0.2) is 59.4 Å². The quantitative estimate of drug-likeness (QED) is 0.261. The normalized spacial score (nSPS) is 31.7. The number of aromatic amines is 1. The zero-order valence-corrected chi connectivity index (χ0v) is 14.2. The third kappa shape index (κ3) is 4.53. The summed E-state index contributed by atoms with van der Waals surface area (Å²) >= 11 is 0. The lowest BCUT2D eigenvalue weighted by molar-refractivity contribution is -0.239. The van der Waals surface area contributed by atoms with Crippen LogP contribution in [0.3, 0.4) is 0 Å². The summed E-state index contributed by atoms with van der Waals surface area (Å²) in [5, 5.41) is 19.6. The zero-order valence-electron chi connectivity index (χ0n) is 12.4. The van der Waals surface area contributed by atoms with E-state index < -0.39 is 57.8 Å². The molecule has 1 aromatic rings. The second-order valence-electron chi connectivity index (χ2n) is 5.02. The summed E-state index contributed by atoms with van der Waals surface area (Å²) in [7, 11) is -10.7. The SMILES string of the molecule is O=c1ccn([C@]2(F)O[C@H](COP(=O)(O)OP(=O)(O)O)[C@@H](O)[C@H]2O)c(=O)[nH]1. The van der Waals surface area contributed by atoms with E-state index in [1.807, 2.05) is 0 Å². The van der Waals surface area contributed by atoms with Crippen molar-refractivity contribution in [3.05, 3.63) is 33.1 Å². The maximum Gasteiger partial charge on any atom is 0.481 e. The molecule has 0 spiro atoms. The fourth-order valence-corrected chi connectivity index (χ4v) is 3.68. The van der Waals surface area contributed by atoms with Crippen LogP contribution in [0.15, 0.2) is 21.9 Å². The molecule has 26 heavy (non-hydrogen) atoms. The lowest BCUT2D eigenvalue weighted by Gasteiger charge is -2.24. The van der Waals surface area contributed by atoms with Crippen LogP contribution in [-0.2, 0) is 28.7 Å². The first-order valence-electron chi connectivity index (χ1n) is 6.55. The number of ether oxygens (including phenoxy) is 1. The van der Waals surface area contributed by atoms with E-state index in [-0.39, 0.29) is 4.57 Å². The van der Waals surface area contributed by atoms with Gasteiger partial charge in [-0.2, -0.15) is 8.70 Å². The molecule has 17 heteroatoms. The molecule has 1 aliphatic rings. The highest BCUT2D eigenvalue weighted by Crippen LogP contribution is 2.57. The van der Waals surface area contributed by atoms with E-state index in [9.17, 15) is 33.3 Å². The van der Waals surface area contributed by atoms with Crippen molar-refractivity contribution >= 4 is 15.6 Å². The molecule has 2 heterocycles. The Bertz CT molecular complexity index is 880. The molecule has 5 atom stereocenters. The molecular weight excluding hydrogens is 409 g/mol. The number of aliphatic hydroxyl groups excluding tert-OH is 2. The van der Waals surface area contributed by atoms with Gasteiger partial charge in [0.15, 0.2) is 6.10 Å². The van der Waals surface area contributed by atoms with Crippen molar-refractivity contribution in [2.24, 2.45) is 0 Å². The predicted molar refractivity (Wildman–Crippen MR) is 76.2 cm³/mol. The van der Waals surface area contributed by atoms with E-state index in [1.54, 1.807) is 4.98 Å². The van der Waals surface area contributed by atoms with E-state index in [0.717, 1.165) is 6.07 Å². The first kappa shape index (κ1) is 21.1. The number of alkyl halides is 1. The van der Waals surface area contributed by atoms with Crippen LogP contribution in [0, 0.1) is 0 Å². The van der Waals surface area contributed by atoms with Crippen molar-refractivity contribution in [2.75, 3.05) is 6.61 Å². The number of phosphoric ester groups is 1. The predicted octanol–water partition coefficient (Wildman–Crippen LogP) is -2.54. The number of nitrogens with one attached hydrogen (secondary N) is 1. The van der Waals surface area contributed by atoms with E-state index in [2.05, 4.69) is 13.6 Å². The van der Waals surface area contributed by atoms with Gasteiger partial charge < -0.3 is 29.6 Å². The van der Waals surface area contributed by atoms with Gasteiger partial charge in [0.25, 0.3) is 5.56 Å². The van der Waals surface area contributed by atoms with Crippen LogP contribution < -0.4 is 11.2 Å². The highest BCUT2D eigenvalue weighted by atomic mass is 31.3. The molecule has 1 fully saturated rings. The van der Waals surface area contributed by atoms with Gasteiger partial charge in [-0.25, -0.2) is 18.5 Å². The average molecular weight is 422 g/mol. The Kier molecular flexibility index (Phi) is 5.71. The smallest absolute Gasteiger partial charge is 0.387 e. The number of aliphatic hydroxyl groups is 2. The minimum absolute atomic E-state index is 0.118. The standard InChI is InChI=1S/C9H13FN2O12P2/c10-9(12-2-1-5(13)11-8(12)16)7(15)6(14)4(23-9)3-22-26(20,21)24-25(17,18)19/h1-2,4,6-7,14-15H,3H2,(H,20,21)(H,11,13,16)(H2,17,18,19)/t4-,6-,7-,9+/m1/s1. The molecule has 14 nitrogen and oxygen atoms in total. The summed E-state index contributed by atoms with van der Waals surface area (Å²) in [5.41, 5.74) is -2.20. The maximum absolute atomic E-state index is 14.9. The third-order valence-electron chi connectivity index (χ3n) is 3.15. The van der Waals surface area contributed by atoms with Crippen molar-refractivity contribution in [1.82, 2.24) is 9.55 Å². The van der Waals surface area contributed by atoms with Crippen LogP contribution in [0.5, 0.6) is 0 Å². The minimum Gasteiger partial charge on any atom is -0.387 e. The largest absolute Gasteiger partial charge is 0.481 e. The summed E-state index contributed by atoms with van der Waals surface area (Å²) in [6.07, 6.45) is -5.70. The Balaban J connectivity index is 2.19. The first-order chi connectivity index (χ1) is 11.8. The van der Waals surface area contributed by atoms with Crippen LogP contribution in [0.1, 0.15) is 0 Å². The van der Waals surface area contributed by atoms with Gasteiger partial charge in [0.2, 0.25) is 0 Å². The fourth-order valence-electron chi connectivity index (χ4n) is 2.08. The number of aromatic nitrogens is 2. The van der Waals surface area contributed by atoms with Crippen molar-refractivity contribution < 1.29 is 52.0 Å². The second kappa shape index (κ2) is 7.05. The molecule has 148 valence electrons. The third-order valence-corrected chi connectivity index (χ3v) is 5.30. The Morgan fingerprint density at radius 3 is 2.46 bits per heavy atom. The Morgan fingerprint density at radius 2 is 1.92 bits per heavy atom. The van der Waals surface area contributed by atoms with Gasteiger partial charge in [0.1, 0.15) is 12.2 Å². The molecule has 1 saturated heterocycles. The first-order valence-corrected chi connectivity index (χ1v) is 9.57. The molecule has 2 rings (SSSR count). The molecule has 0 bridgehead atoms. The molecule has 1 unspecified atom stereocenters. The van der Waals surface area contributed by atoms with E-state index >= 15 is 0 Å². The minimum atomic E-state index is -5.40. The van der Waals surface area contributed by atoms with Gasteiger partial charge in [-0.1, -0.05) is 0 Å². The van der Waals surface area contributed by atoms with E-state index in [1.165, 1.54) is 0 Å². The molecule has 0 radical (unpaired) electrons. The van der Waals surface area contributed by atoms with E-state index in [4.69, 9.17) is 14.7 Å². The molecular formula is C9H13FN2O12P2. The summed E-state index contributed by atoms with van der Waals surface area (Å²) in [4.78, 5) is 50.3. The van der Waals surface area contributed by atoms with E-state index in [0.29, 0.717) is 6.20 Å². The van der Waals surface area contributed by atoms with Crippen molar-refractivity contribution in [3.63, 3.8) is 0 Å². The van der Waals surface area contributed by atoms with Crippen molar-refractivity contribution in [1.29, 1.82) is 0 Å². The molecule has 0 amide bonds. The van der Waals surface area contributed by atoms with Gasteiger partial charge in [-0.15, -0.1) is 0 Å². The van der Waals surface area contributed by atoms with Crippen LogP contribution in [0.4, 0.5) is 4.39 Å². The second-order valence-corrected chi connectivity index (χ2v) is 7.85. The van der Waals surface area contributed by atoms with Crippen LogP contribution in [0.25, 0.3) is 0 Å². The number of H-pyrrole nitrogens is 1. The Morgan fingerprint density at radius 1 is 1.31 bits per heavy atom. The lowest BCUT2D eigenvalue weighted by Crippen LogP contribution is -2.48. The molecule has 6 N–H and O–H groups in total. The number of rotatable bonds is 6. The number of hydrogen-bond acceptors (Lipinski definition) is 9. The zero-order chi connectivity index (χ0) is 19.9. The Hall–Kier alpha value is -1.25. The summed E-state index contributed by atoms with van der Waals surface area (Å²) in [5.74, 6) is -3.38. The summed E-state index contributed by atoms with van der Waals surface area (Å²) < 4.78 is 49.2. The molecule has 1 aliphatic heterocycles. The number of nitrogens with zero attached hydrogens (tertiary/aromatic N) is 1. The molecule has 0 aromatic carbocycles. The topological polar surface area (TPSA) is 218 Å². The Labute approximate surface area is 142 Å². The molecule has 0 aliphatic carbocycles. The van der Waals surface area contributed by atoms with Crippen molar-refractivity contribution in [3.8, 4) is 0 Å².